The van der Waals surface area contributed by atoms with Crippen LogP contribution in [0, 0.1) is 6.92 Å². The Morgan fingerprint density at radius 3 is 2.46 bits per heavy atom. The Bertz CT molecular complexity index is 1080. The lowest BCUT2D eigenvalue weighted by molar-refractivity contribution is 0.579. The van der Waals surface area contributed by atoms with Crippen molar-refractivity contribution in [1.82, 2.24) is 0 Å². The third-order valence-corrected chi connectivity index (χ3v) is 4.12. The number of furan rings is 1. The summed E-state index contributed by atoms with van der Waals surface area (Å²) in [5.41, 5.74) is 2.58. The Balaban J connectivity index is 2.02. The molecule has 0 aliphatic heterocycles. The Labute approximate surface area is 140 Å². The van der Waals surface area contributed by atoms with Crippen LogP contribution in [0.5, 0.6) is 0 Å². The van der Waals surface area contributed by atoms with Crippen LogP contribution in [0.25, 0.3) is 21.7 Å². The van der Waals surface area contributed by atoms with Crippen molar-refractivity contribution in [3.8, 4) is 0 Å². The maximum atomic E-state index is 5.92. The normalized spacial score (nSPS) is 12.0. The van der Waals surface area contributed by atoms with E-state index in [1.807, 2.05) is 55.5 Å². The van der Waals surface area contributed by atoms with E-state index in [1.54, 1.807) is 0 Å². The molecule has 3 aromatic carbocycles. The minimum Gasteiger partial charge on any atom is -0.459 e. The van der Waals surface area contributed by atoms with Gasteiger partial charge in [-0.1, -0.05) is 60.7 Å². The van der Waals surface area contributed by atoms with Gasteiger partial charge in [0.1, 0.15) is 17.0 Å². The van der Waals surface area contributed by atoms with Gasteiger partial charge in [0.05, 0.1) is 5.39 Å². The minimum absolute atomic E-state index is 0.592. The molecule has 0 bridgehead atoms. The molecule has 0 aliphatic carbocycles. The molecule has 1 aromatic heterocycles. The molecule has 0 N–H and O–H groups in total. The van der Waals surface area contributed by atoms with Crippen LogP contribution in [-0.4, -0.2) is 12.6 Å². The molecule has 4 rings (SSSR count). The molecule has 116 valence electrons. The molecule has 0 saturated carbocycles. The van der Waals surface area contributed by atoms with E-state index in [-0.39, 0.29) is 0 Å². The van der Waals surface area contributed by atoms with Crippen LogP contribution in [0.4, 0.5) is 5.69 Å². The summed E-state index contributed by atoms with van der Waals surface area (Å²) in [4.78, 5) is 8.90. The lowest BCUT2D eigenvalue weighted by Gasteiger charge is -2.02. The van der Waals surface area contributed by atoms with Gasteiger partial charge >= 0.3 is 0 Å². The van der Waals surface area contributed by atoms with E-state index in [1.165, 1.54) is 0 Å². The molecule has 0 fully saturated rings. The molecule has 0 saturated heterocycles. The average molecular weight is 312 g/mol. The fourth-order valence-electron chi connectivity index (χ4n) is 2.99. The van der Waals surface area contributed by atoms with Crippen LogP contribution in [0.3, 0.4) is 0 Å². The van der Waals surface area contributed by atoms with Gasteiger partial charge in [0.15, 0.2) is 5.84 Å². The Morgan fingerprint density at radius 2 is 1.67 bits per heavy atom. The molecule has 0 radical (unpaired) electrons. The fourth-order valence-corrected chi connectivity index (χ4v) is 2.99. The van der Waals surface area contributed by atoms with E-state index in [0.717, 1.165) is 38.8 Å². The van der Waals surface area contributed by atoms with Crippen LogP contribution >= 0.6 is 0 Å². The van der Waals surface area contributed by atoms with Gasteiger partial charge in [-0.2, -0.15) is 0 Å². The standard InChI is InChI=1S/C21H16N2O/c1-14-20(23-21(22-2)16-9-4-3-5-10-16)19-17-11-7-6-8-15(17)12-13-18(19)24-14/h3-13H,2H2,1H3. The Morgan fingerprint density at radius 1 is 0.917 bits per heavy atom. The van der Waals surface area contributed by atoms with Crippen molar-refractivity contribution in [2.24, 2.45) is 9.98 Å². The molecular formula is C21H16N2O. The number of amidine groups is 1. The topological polar surface area (TPSA) is 37.9 Å². The van der Waals surface area contributed by atoms with Gasteiger partial charge in [-0.05, 0) is 30.5 Å². The zero-order chi connectivity index (χ0) is 16.5. The zero-order valence-electron chi connectivity index (χ0n) is 13.4. The summed E-state index contributed by atoms with van der Waals surface area (Å²) in [6, 6.07) is 22.2. The Kier molecular flexibility index (Phi) is 3.47. The highest BCUT2D eigenvalue weighted by Gasteiger charge is 2.14. The molecule has 3 nitrogen and oxygen atoms in total. The Hall–Kier alpha value is -3.20. The van der Waals surface area contributed by atoms with Crippen LogP contribution in [0.2, 0.25) is 0 Å². The summed E-state index contributed by atoms with van der Waals surface area (Å²) >= 11 is 0. The van der Waals surface area contributed by atoms with Crippen molar-refractivity contribution >= 4 is 40.0 Å². The summed E-state index contributed by atoms with van der Waals surface area (Å²) in [5, 5.41) is 3.31. The zero-order valence-corrected chi connectivity index (χ0v) is 13.4. The first-order chi connectivity index (χ1) is 11.8. The second-order valence-corrected chi connectivity index (χ2v) is 5.63. The number of fused-ring (bicyclic) bond motifs is 3. The SMILES string of the molecule is C=NC(=Nc1c(C)oc2ccc3ccccc3c12)c1ccccc1. The highest BCUT2D eigenvalue weighted by Crippen LogP contribution is 2.38. The van der Waals surface area contributed by atoms with Crippen LogP contribution in [0.15, 0.2) is 81.1 Å². The maximum absolute atomic E-state index is 5.92. The molecular weight excluding hydrogens is 296 g/mol. The highest BCUT2D eigenvalue weighted by molar-refractivity contribution is 6.14. The summed E-state index contributed by atoms with van der Waals surface area (Å²) in [5.74, 6) is 1.37. The first-order valence-corrected chi connectivity index (χ1v) is 7.79. The number of hydrogen-bond donors (Lipinski definition) is 0. The molecule has 3 heteroatoms. The van der Waals surface area contributed by atoms with Gasteiger partial charge < -0.3 is 4.42 Å². The molecule has 4 aromatic rings. The van der Waals surface area contributed by atoms with Gasteiger partial charge in [-0.3, -0.25) is 0 Å². The van der Waals surface area contributed by atoms with Gasteiger partial charge in [0.25, 0.3) is 0 Å². The number of aliphatic imine (C=N–C) groups is 2. The third-order valence-electron chi connectivity index (χ3n) is 4.12. The molecule has 0 atom stereocenters. The second-order valence-electron chi connectivity index (χ2n) is 5.63. The van der Waals surface area contributed by atoms with Crippen molar-refractivity contribution in [3.63, 3.8) is 0 Å². The number of nitrogens with zero attached hydrogens (tertiary/aromatic N) is 2. The molecule has 0 spiro atoms. The van der Waals surface area contributed by atoms with Gasteiger partial charge in [-0.25, -0.2) is 9.98 Å². The van der Waals surface area contributed by atoms with Gasteiger partial charge in [0, 0.05) is 5.56 Å². The van der Waals surface area contributed by atoms with E-state index in [0.29, 0.717) is 5.84 Å². The van der Waals surface area contributed by atoms with Crippen LogP contribution < -0.4 is 0 Å². The average Bonchev–Trinajstić information content (AvgIpc) is 2.96. The van der Waals surface area contributed by atoms with Gasteiger partial charge in [0.2, 0.25) is 0 Å². The highest BCUT2D eigenvalue weighted by atomic mass is 16.3. The lowest BCUT2D eigenvalue weighted by atomic mass is 10.1. The van der Waals surface area contributed by atoms with Crippen molar-refractivity contribution in [2.45, 2.75) is 6.92 Å². The van der Waals surface area contributed by atoms with E-state index in [2.05, 4.69) is 29.9 Å². The number of benzene rings is 3. The number of aryl methyl sites for hydroxylation is 1. The minimum atomic E-state index is 0.592. The van der Waals surface area contributed by atoms with Gasteiger partial charge in [-0.15, -0.1) is 0 Å². The predicted octanol–water partition coefficient (Wildman–Crippen LogP) is 5.67. The van der Waals surface area contributed by atoms with E-state index in [9.17, 15) is 0 Å². The smallest absolute Gasteiger partial charge is 0.159 e. The maximum Gasteiger partial charge on any atom is 0.159 e. The van der Waals surface area contributed by atoms with Crippen molar-refractivity contribution < 1.29 is 4.42 Å². The summed E-state index contributed by atoms with van der Waals surface area (Å²) in [6.45, 7) is 5.61. The molecule has 1 heterocycles. The fraction of sp³-hybridized carbons (Fsp3) is 0.0476. The summed E-state index contributed by atoms with van der Waals surface area (Å²) in [6.07, 6.45) is 0. The summed E-state index contributed by atoms with van der Waals surface area (Å²) < 4.78 is 5.92. The summed E-state index contributed by atoms with van der Waals surface area (Å²) in [7, 11) is 0. The third kappa shape index (κ3) is 2.31. The van der Waals surface area contributed by atoms with Crippen LogP contribution in [-0.2, 0) is 0 Å². The lowest BCUT2D eigenvalue weighted by Crippen LogP contribution is -1.95. The number of rotatable bonds is 2. The van der Waals surface area contributed by atoms with E-state index >= 15 is 0 Å². The predicted molar refractivity (Wildman–Crippen MR) is 101 cm³/mol. The molecule has 0 unspecified atom stereocenters. The van der Waals surface area contributed by atoms with Crippen molar-refractivity contribution in [2.75, 3.05) is 0 Å². The molecule has 0 amide bonds. The first-order valence-electron chi connectivity index (χ1n) is 7.79. The number of hydrogen-bond acceptors (Lipinski definition) is 2. The van der Waals surface area contributed by atoms with E-state index in [4.69, 9.17) is 9.41 Å². The van der Waals surface area contributed by atoms with E-state index < -0.39 is 0 Å². The van der Waals surface area contributed by atoms with Crippen LogP contribution in [0.1, 0.15) is 11.3 Å². The molecule has 24 heavy (non-hydrogen) atoms. The monoisotopic (exact) mass is 312 g/mol. The van der Waals surface area contributed by atoms with Crippen molar-refractivity contribution in [1.29, 1.82) is 0 Å². The largest absolute Gasteiger partial charge is 0.459 e. The molecule has 0 aliphatic rings. The quantitative estimate of drug-likeness (QED) is 0.347. The second kappa shape index (κ2) is 5.78. The van der Waals surface area contributed by atoms with Crippen molar-refractivity contribution in [3.05, 3.63) is 78.1 Å². The first kappa shape index (κ1) is 14.4.